The molecule has 2 rings (SSSR count). The third-order valence-electron chi connectivity index (χ3n) is 5.11. The number of amides is 3. The number of hydrogen-bond donors (Lipinski definition) is 2. The van der Waals surface area contributed by atoms with E-state index in [0.717, 1.165) is 44.3 Å². The summed E-state index contributed by atoms with van der Waals surface area (Å²) in [5.74, 6) is 0.913. The van der Waals surface area contributed by atoms with Crippen LogP contribution in [0.2, 0.25) is 0 Å². The number of methoxy groups -OCH3 is 1. The first kappa shape index (κ1) is 20.9. The molecule has 2 aliphatic heterocycles. The highest BCUT2D eigenvalue weighted by Crippen LogP contribution is 2.36. The fourth-order valence-electron chi connectivity index (χ4n) is 3.60. The topological polar surface area (TPSA) is 87.7 Å². The molecule has 3 amide bonds. The van der Waals surface area contributed by atoms with E-state index in [-0.39, 0.29) is 23.9 Å². The molecule has 26 heavy (non-hydrogen) atoms. The first-order chi connectivity index (χ1) is 12.5. The highest BCUT2D eigenvalue weighted by molar-refractivity contribution is 8.00. The highest BCUT2D eigenvalue weighted by atomic mass is 32.2. The fraction of sp³-hybridized carbons (Fsp3) is 0.833. The molecule has 0 saturated carbocycles. The molecule has 2 aliphatic rings. The van der Waals surface area contributed by atoms with E-state index in [1.54, 1.807) is 0 Å². The Morgan fingerprint density at radius 3 is 2.77 bits per heavy atom. The maximum atomic E-state index is 11.9. The summed E-state index contributed by atoms with van der Waals surface area (Å²) in [4.78, 5) is 36.4. The lowest BCUT2D eigenvalue weighted by Crippen LogP contribution is -2.38. The molecule has 7 nitrogen and oxygen atoms in total. The van der Waals surface area contributed by atoms with Gasteiger partial charge in [-0.3, -0.25) is 9.59 Å². The molecule has 2 saturated heterocycles. The molecule has 3 atom stereocenters. The van der Waals surface area contributed by atoms with Gasteiger partial charge in [-0.25, -0.2) is 4.79 Å². The Labute approximate surface area is 160 Å². The van der Waals surface area contributed by atoms with Gasteiger partial charge in [-0.1, -0.05) is 12.8 Å². The van der Waals surface area contributed by atoms with Crippen molar-refractivity contribution in [1.82, 2.24) is 15.5 Å². The predicted octanol–water partition coefficient (Wildman–Crippen LogP) is 1.90. The molecule has 0 aromatic heterocycles. The molecule has 2 N–H and O–H groups in total. The Morgan fingerprint density at radius 2 is 2.00 bits per heavy atom. The van der Waals surface area contributed by atoms with E-state index in [1.165, 1.54) is 7.11 Å². The first-order valence-electron chi connectivity index (χ1n) is 9.51. The van der Waals surface area contributed by atoms with E-state index in [0.29, 0.717) is 30.7 Å². The van der Waals surface area contributed by atoms with Gasteiger partial charge in [-0.05, 0) is 25.7 Å². The number of ether oxygens (including phenoxy) is 1. The van der Waals surface area contributed by atoms with Gasteiger partial charge < -0.3 is 20.3 Å². The number of esters is 1. The minimum atomic E-state index is -0.176. The van der Waals surface area contributed by atoms with Crippen LogP contribution in [-0.4, -0.2) is 66.6 Å². The van der Waals surface area contributed by atoms with Gasteiger partial charge in [0.15, 0.2) is 0 Å². The molecule has 0 aromatic rings. The summed E-state index contributed by atoms with van der Waals surface area (Å²) in [5, 5.41) is 6.44. The van der Waals surface area contributed by atoms with E-state index >= 15 is 0 Å². The summed E-state index contributed by atoms with van der Waals surface area (Å²) in [5.41, 5.74) is 0. The molecule has 0 aromatic carbocycles. The van der Waals surface area contributed by atoms with E-state index < -0.39 is 0 Å². The highest BCUT2D eigenvalue weighted by Gasteiger charge is 2.46. The van der Waals surface area contributed by atoms with Crippen LogP contribution in [0.5, 0.6) is 0 Å². The van der Waals surface area contributed by atoms with Crippen LogP contribution < -0.4 is 10.6 Å². The van der Waals surface area contributed by atoms with Crippen molar-refractivity contribution in [3.8, 4) is 0 Å². The second kappa shape index (κ2) is 10.6. The molecule has 148 valence electrons. The summed E-state index contributed by atoms with van der Waals surface area (Å²) in [7, 11) is 3.27. The van der Waals surface area contributed by atoms with Crippen LogP contribution in [0.1, 0.15) is 51.4 Å². The molecule has 0 aliphatic carbocycles. The standard InChI is InChI=1S/C18H31N3O4S/c1-21-17-13(20-18(21)24)12-26-14(17)8-5-6-9-15(22)19-11-7-3-4-10-16(23)25-2/h13-14,17H,3-12H2,1-2H3,(H,19,22)(H,20,24)/t13-,14?,17-/m0/s1. The zero-order chi connectivity index (χ0) is 18.9. The van der Waals surface area contributed by atoms with Crippen LogP contribution in [0.4, 0.5) is 4.79 Å². The Kier molecular flexibility index (Phi) is 8.54. The fourth-order valence-corrected chi connectivity index (χ4v) is 5.24. The minimum absolute atomic E-state index is 0.0382. The number of carbonyl (C=O) groups excluding carboxylic acids is 3. The third kappa shape index (κ3) is 6.07. The minimum Gasteiger partial charge on any atom is -0.469 e. The van der Waals surface area contributed by atoms with Gasteiger partial charge in [0.05, 0.1) is 19.2 Å². The number of carbonyl (C=O) groups is 3. The zero-order valence-electron chi connectivity index (χ0n) is 15.8. The van der Waals surface area contributed by atoms with Crippen molar-refractivity contribution >= 4 is 29.7 Å². The van der Waals surface area contributed by atoms with Gasteiger partial charge in [-0.2, -0.15) is 11.8 Å². The lowest BCUT2D eigenvalue weighted by molar-refractivity contribution is -0.140. The van der Waals surface area contributed by atoms with Gasteiger partial charge in [-0.15, -0.1) is 0 Å². The Balaban J connectivity index is 1.48. The van der Waals surface area contributed by atoms with Gasteiger partial charge in [0.25, 0.3) is 0 Å². The average Bonchev–Trinajstić information content (AvgIpc) is 3.14. The predicted molar refractivity (Wildman–Crippen MR) is 102 cm³/mol. The summed E-state index contributed by atoms with van der Waals surface area (Å²) in [6, 6.07) is 0.618. The number of unbranched alkanes of at least 4 members (excludes halogenated alkanes) is 3. The van der Waals surface area contributed by atoms with E-state index in [2.05, 4.69) is 15.4 Å². The smallest absolute Gasteiger partial charge is 0.317 e. The van der Waals surface area contributed by atoms with Crippen LogP contribution in [0.15, 0.2) is 0 Å². The normalized spacial score (nSPS) is 24.3. The molecule has 2 heterocycles. The number of hydrogen-bond acceptors (Lipinski definition) is 5. The number of fused-ring (bicyclic) bond motifs is 1. The van der Waals surface area contributed by atoms with Crippen LogP contribution in [-0.2, 0) is 14.3 Å². The number of nitrogens with zero attached hydrogens (tertiary/aromatic N) is 1. The largest absolute Gasteiger partial charge is 0.469 e. The van der Waals surface area contributed by atoms with Gasteiger partial charge in [0, 0.05) is 37.4 Å². The van der Waals surface area contributed by atoms with Gasteiger partial charge >= 0.3 is 12.0 Å². The molecule has 0 spiro atoms. The average molecular weight is 386 g/mol. The molecular weight excluding hydrogens is 354 g/mol. The molecular formula is C18H31N3O4S. The van der Waals surface area contributed by atoms with Crippen molar-refractivity contribution in [2.45, 2.75) is 68.7 Å². The summed E-state index contributed by atoms with van der Waals surface area (Å²) in [6.45, 7) is 0.667. The number of urea groups is 1. The zero-order valence-corrected chi connectivity index (χ0v) is 16.6. The summed E-state index contributed by atoms with van der Waals surface area (Å²) in [6.07, 6.45) is 6.54. The van der Waals surface area contributed by atoms with Crippen LogP contribution in [0, 0.1) is 0 Å². The van der Waals surface area contributed by atoms with E-state index in [1.807, 2.05) is 23.7 Å². The molecule has 1 unspecified atom stereocenters. The maximum absolute atomic E-state index is 11.9. The summed E-state index contributed by atoms with van der Waals surface area (Å²) < 4.78 is 4.59. The Morgan fingerprint density at radius 1 is 1.23 bits per heavy atom. The quantitative estimate of drug-likeness (QED) is 0.322. The first-order valence-corrected chi connectivity index (χ1v) is 10.6. The Hall–Kier alpha value is -1.44. The molecule has 0 bridgehead atoms. The van der Waals surface area contributed by atoms with E-state index in [9.17, 15) is 14.4 Å². The maximum Gasteiger partial charge on any atom is 0.317 e. The van der Waals surface area contributed by atoms with Crippen molar-refractivity contribution in [3.63, 3.8) is 0 Å². The van der Waals surface area contributed by atoms with Crippen molar-refractivity contribution in [2.75, 3.05) is 26.5 Å². The molecule has 0 radical (unpaired) electrons. The number of nitrogens with one attached hydrogen (secondary N) is 2. The molecule has 2 fully saturated rings. The van der Waals surface area contributed by atoms with Crippen molar-refractivity contribution in [1.29, 1.82) is 0 Å². The van der Waals surface area contributed by atoms with Crippen molar-refractivity contribution in [3.05, 3.63) is 0 Å². The second-order valence-corrected chi connectivity index (χ2v) is 8.28. The van der Waals surface area contributed by atoms with Gasteiger partial charge in [0.2, 0.25) is 5.91 Å². The number of likely N-dealkylation sites (N-methyl/N-ethyl adjacent to an activating group) is 1. The summed E-state index contributed by atoms with van der Waals surface area (Å²) >= 11 is 1.93. The third-order valence-corrected chi connectivity index (χ3v) is 6.60. The van der Waals surface area contributed by atoms with E-state index in [4.69, 9.17) is 0 Å². The van der Waals surface area contributed by atoms with Crippen molar-refractivity contribution < 1.29 is 19.1 Å². The number of thioether (sulfide) groups is 1. The van der Waals surface area contributed by atoms with Crippen LogP contribution in [0.25, 0.3) is 0 Å². The van der Waals surface area contributed by atoms with Crippen LogP contribution in [0.3, 0.4) is 0 Å². The molecule has 8 heteroatoms. The number of rotatable bonds is 11. The van der Waals surface area contributed by atoms with Crippen LogP contribution >= 0.6 is 11.8 Å². The monoisotopic (exact) mass is 385 g/mol. The van der Waals surface area contributed by atoms with Crippen molar-refractivity contribution in [2.24, 2.45) is 0 Å². The second-order valence-electron chi connectivity index (χ2n) is 7.01. The Bertz CT molecular complexity index is 503. The lowest BCUT2D eigenvalue weighted by Gasteiger charge is -2.23. The van der Waals surface area contributed by atoms with Gasteiger partial charge in [0.1, 0.15) is 0 Å². The SMILES string of the molecule is COC(=O)CCCCCNC(=O)CCCCC1SC[C@@H]2NC(=O)N(C)[C@H]12. The lowest BCUT2D eigenvalue weighted by atomic mass is 10.0.